The quantitative estimate of drug-likeness (QED) is 0.222. The van der Waals surface area contributed by atoms with Crippen LogP contribution in [0.4, 0.5) is 0 Å². The van der Waals surface area contributed by atoms with Gasteiger partial charge in [-0.25, -0.2) is 17.4 Å². The molecule has 0 aliphatic carbocycles. The van der Waals surface area contributed by atoms with Crippen molar-refractivity contribution in [1.29, 1.82) is 0 Å². The fraction of sp³-hybridized carbons (Fsp3) is 0.0333. The normalized spacial score (nSPS) is 12.3. The van der Waals surface area contributed by atoms with Crippen LogP contribution >= 0.6 is 15.9 Å². The summed E-state index contributed by atoms with van der Waals surface area (Å²) in [6.07, 6.45) is 1.67. The number of aryl methyl sites for hydroxylation is 1. The van der Waals surface area contributed by atoms with Gasteiger partial charge in [0.25, 0.3) is 10.0 Å². The van der Waals surface area contributed by atoms with Gasteiger partial charge in [0.15, 0.2) is 0 Å². The SMILES string of the molecule is Cc1ccc(S(=O)(=O)n2cc(-c3nc4c5ccccc5c5ccccc5c4[nH]3)c3cc(Br)ccc32)cc1. The van der Waals surface area contributed by atoms with Crippen molar-refractivity contribution in [1.82, 2.24) is 13.9 Å². The lowest BCUT2D eigenvalue weighted by Crippen LogP contribution is -2.11. The summed E-state index contributed by atoms with van der Waals surface area (Å²) in [6.45, 7) is 1.94. The van der Waals surface area contributed by atoms with Crippen molar-refractivity contribution in [2.75, 3.05) is 0 Å². The second kappa shape index (κ2) is 8.03. The summed E-state index contributed by atoms with van der Waals surface area (Å²) in [5.41, 5.74) is 4.11. The third-order valence-electron chi connectivity index (χ3n) is 6.94. The van der Waals surface area contributed by atoms with Crippen molar-refractivity contribution < 1.29 is 8.42 Å². The first-order chi connectivity index (χ1) is 17.9. The second-order valence-electron chi connectivity index (χ2n) is 9.22. The van der Waals surface area contributed by atoms with E-state index in [2.05, 4.69) is 45.2 Å². The molecule has 0 atom stereocenters. The molecule has 2 heterocycles. The first-order valence-electron chi connectivity index (χ1n) is 11.8. The smallest absolute Gasteiger partial charge is 0.268 e. The van der Waals surface area contributed by atoms with Crippen molar-refractivity contribution in [2.45, 2.75) is 11.8 Å². The number of hydrogen-bond donors (Lipinski definition) is 1. The zero-order valence-electron chi connectivity index (χ0n) is 19.7. The van der Waals surface area contributed by atoms with Crippen LogP contribution in [-0.4, -0.2) is 22.4 Å². The highest BCUT2D eigenvalue weighted by Crippen LogP contribution is 2.38. The molecule has 0 bridgehead atoms. The summed E-state index contributed by atoms with van der Waals surface area (Å²) >= 11 is 3.56. The van der Waals surface area contributed by atoms with Gasteiger partial charge in [-0.3, -0.25) is 0 Å². The predicted octanol–water partition coefficient (Wildman–Crippen LogP) is 7.80. The van der Waals surface area contributed by atoms with Gasteiger partial charge in [-0.15, -0.1) is 0 Å². The van der Waals surface area contributed by atoms with Crippen LogP contribution in [0.15, 0.2) is 107 Å². The first kappa shape index (κ1) is 22.3. The van der Waals surface area contributed by atoms with Crippen molar-refractivity contribution in [3.63, 3.8) is 0 Å². The van der Waals surface area contributed by atoms with Gasteiger partial charge in [-0.2, -0.15) is 0 Å². The lowest BCUT2D eigenvalue weighted by molar-refractivity contribution is 0.589. The predicted molar refractivity (Wildman–Crippen MR) is 154 cm³/mol. The Hall–Kier alpha value is -3.94. The van der Waals surface area contributed by atoms with Crippen LogP contribution in [-0.2, 0) is 10.0 Å². The Morgan fingerprint density at radius 2 is 1.43 bits per heavy atom. The number of halogens is 1. The zero-order valence-corrected chi connectivity index (χ0v) is 22.1. The molecule has 0 saturated carbocycles. The number of rotatable bonds is 3. The average molecular weight is 566 g/mol. The standard InChI is InChI=1S/C30H20BrN3O2S/c1-18-10-13-20(14-11-18)37(35,36)34-17-26(25-16-19(31)12-15-27(25)34)30-32-28-23-8-4-2-6-21(23)22-7-3-5-9-24(22)29(28)33-30/h2-17H,1H3,(H,32,33). The molecule has 37 heavy (non-hydrogen) atoms. The van der Waals surface area contributed by atoms with Crippen molar-refractivity contribution in [3.8, 4) is 11.4 Å². The maximum absolute atomic E-state index is 13.7. The van der Waals surface area contributed by atoms with Gasteiger partial charge in [-0.05, 0) is 48.0 Å². The Morgan fingerprint density at radius 1 is 0.784 bits per heavy atom. The minimum atomic E-state index is -3.82. The van der Waals surface area contributed by atoms with Gasteiger partial charge in [0, 0.05) is 32.4 Å². The molecule has 0 unspecified atom stereocenters. The molecule has 180 valence electrons. The van der Waals surface area contributed by atoms with E-state index in [9.17, 15) is 8.42 Å². The van der Waals surface area contributed by atoms with Gasteiger partial charge in [-0.1, -0.05) is 82.2 Å². The van der Waals surface area contributed by atoms with E-state index >= 15 is 0 Å². The third kappa shape index (κ3) is 3.35. The third-order valence-corrected chi connectivity index (χ3v) is 9.12. The fourth-order valence-corrected chi connectivity index (χ4v) is 6.87. The summed E-state index contributed by atoms with van der Waals surface area (Å²) in [5, 5.41) is 5.20. The summed E-state index contributed by atoms with van der Waals surface area (Å²) in [7, 11) is -3.82. The van der Waals surface area contributed by atoms with Crippen LogP contribution in [0.1, 0.15) is 5.56 Å². The van der Waals surface area contributed by atoms with E-state index in [0.29, 0.717) is 11.3 Å². The van der Waals surface area contributed by atoms with Crippen molar-refractivity contribution in [3.05, 3.63) is 107 Å². The summed E-state index contributed by atoms with van der Waals surface area (Å²) in [4.78, 5) is 8.82. The van der Waals surface area contributed by atoms with E-state index in [-0.39, 0.29) is 4.90 Å². The first-order valence-corrected chi connectivity index (χ1v) is 14.1. The van der Waals surface area contributed by atoms with Crippen molar-refractivity contribution in [2.24, 2.45) is 0 Å². The van der Waals surface area contributed by atoms with Crippen LogP contribution in [0, 0.1) is 6.92 Å². The second-order valence-corrected chi connectivity index (χ2v) is 11.9. The number of benzene rings is 5. The van der Waals surface area contributed by atoms with Gasteiger partial charge in [0.1, 0.15) is 5.82 Å². The lowest BCUT2D eigenvalue weighted by Gasteiger charge is -2.08. The Kier molecular flexibility index (Phi) is 4.83. The van der Waals surface area contributed by atoms with Crippen LogP contribution < -0.4 is 0 Å². The summed E-state index contributed by atoms with van der Waals surface area (Å²) in [6, 6.07) is 29.1. The number of nitrogens with one attached hydrogen (secondary N) is 1. The minimum absolute atomic E-state index is 0.242. The van der Waals surface area contributed by atoms with Crippen LogP contribution in [0.5, 0.6) is 0 Å². The topological polar surface area (TPSA) is 67.8 Å². The molecule has 2 aromatic heterocycles. The van der Waals surface area contributed by atoms with E-state index in [4.69, 9.17) is 4.98 Å². The number of H-pyrrole nitrogens is 1. The molecule has 1 N–H and O–H groups in total. The highest BCUT2D eigenvalue weighted by Gasteiger charge is 2.24. The molecule has 0 fully saturated rings. The molecule has 5 aromatic carbocycles. The molecule has 0 radical (unpaired) electrons. The summed E-state index contributed by atoms with van der Waals surface area (Å²) < 4.78 is 29.7. The maximum Gasteiger partial charge on any atom is 0.268 e. The van der Waals surface area contributed by atoms with E-state index in [1.807, 2.05) is 61.5 Å². The molecule has 7 aromatic rings. The Labute approximate surface area is 221 Å². The van der Waals surface area contributed by atoms with E-state index in [0.717, 1.165) is 53.6 Å². The van der Waals surface area contributed by atoms with Crippen LogP contribution in [0.3, 0.4) is 0 Å². The Bertz CT molecular complexity index is 2050. The maximum atomic E-state index is 13.7. The van der Waals surface area contributed by atoms with Gasteiger partial charge < -0.3 is 4.98 Å². The minimum Gasteiger partial charge on any atom is -0.337 e. The average Bonchev–Trinajstić information content (AvgIpc) is 3.52. The molecule has 0 saturated heterocycles. The van der Waals surface area contributed by atoms with Crippen LogP contribution in [0.2, 0.25) is 0 Å². The highest BCUT2D eigenvalue weighted by molar-refractivity contribution is 9.10. The van der Waals surface area contributed by atoms with E-state index in [1.165, 1.54) is 3.97 Å². The molecule has 5 nitrogen and oxygen atoms in total. The summed E-state index contributed by atoms with van der Waals surface area (Å²) in [5.74, 6) is 0.623. The Balaban J connectivity index is 1.54. The number of nitrogens with zero attached hydrogens (tertiary/aromatic N) is 2. The molecule has 7 rings (SSSR count). The van der Waals surface area contributed by atoms with Gasteiger partial charge in [0.05, 0.1) is 21.4 Å². The molecule has 7 heteroatoms. The number of aromatic nitrogens is 3. The molecule has 0 aliphatic rings. The van der Waals surface area contributed by atoms with E-state index in [1.54, 1.807) is 18.3 Å². The molecule has 0 aliphatic heterocycles. The monoisotopic (exact) mass is 565 g/mol. The largest absolute Gasteiger partial charge is 0.337 e. The molecule has 0 amide bonds. The number of aromatic amines is 1. The van der Waals surface area contributed by atoms with E-state index < -0.39 is 10.0 Å². The zero-order chi connectivity index (χ0) is 25.3. The number of fused-ring (bicyclic) bond motifs is 7. The highest BCUT2D eigenvalue weighted by atomic mass is 79.9. The molecular weight excluding hydrogens is 546 g/mol. The number of hydrogen-bond acceptors (Lipinski definition) is 3. The molecule has 0 spiro atoms. The Morgan fingerprint density at radius 3 is 2.16 bits per heavy atom. The van der Waals surface area contributed by atoms with Gasteiger partial charge in [0.2, 0.25) is 0 Å². The van der Waals surface area contributed by atoms with Crippen molar-refractivity contribution >= 4 is 69.4 Å². The lowest BCUT2D eigenvalue weighted by atomic mass is 10.0. The van der Waals surface area contributed by atoms with Crippen LogP contribution in [0.25, 0.3) is 54.9 Å². The number of imidazole rings is 1. The van der Waals surface area contributed by atoms with Gasteiger partial charge >= 0.3 is 0 Å². The molecular formula is C30H20BrN3O2S. The fourth-order valence-electron chi connectivity index (χ4n) is 5.13.